The Kier molecular flexibility index (Phi) is 4.19. The maximum absolute atomic E-state index is 8.95. The molecular formula is C13H19NO2. The minimum absolute atomic E-state index is 0.274. The largest absolute Gasteiger partial charge is 0.465 e. The third kappa shape index (κ3) is 3.51. The molecule has 3 nitrogen and oxygen atoms in total. The zero-order valence-corrected chi connectivity index (χ0v) is 9.43. The number of hydrogen-bond donors (Lipinski definition) is 2. The van der Waals surface area contributed by atoms with E-state index in [1.54, 1.807) is 6.26 Å². The van der Waals surface area contributed by atoms with E-state index in [0.717, 1.165) is 24.6 Å². The van der Waals surface area contributed by atoms with Gasteiger partial charge in [0.2, 0.25) is 0 Å². The van der Waals surface area contributed by atoms with Crippen molar-refractivity contribution in [3.63, 3.8) is 0 Å². The average Bonchev–Trinajstić information content (AvgIpc) is 3.01. The fraction of sp³-hybridized carbons (Fsp3) is 0.538. The van der Waals surface area contributed by atoms with Gasteiger partial charge < -0.3 is 14.8 Å². The Morgan fingerprint density at radius 3 is 3.06 bits per heavy atom. The molecule has 88 valence electrons. The summed E-state index contributed by atoms with van der Waals surface area (Å²) in [4.78, 5) is 0. The van der Waals surface area contributed by atoms with E-state index < -0.39 is 0 Å². The molecule has 1 fully saturated rings. The third-order valence-corrected chi connectivity index (χ3v) is 2.95. The summed E-state index contributed by atoms with van der Waals surface area (Å²) in [5, 5.41) is 12.4. The summed E-state index contributed by atoms with van der Waals surface area (Å²) in [7, 11) is 0. The fourth-order valence-electron chi connectivity index (χ4n) is 1.92. The molecule has 1 aromatic heterocycles. The van der Waals surface area contributed by atoms with Gasteiger partial charge in [-0.25, -0.2) is 0 Å². The monoisotopic (exact) mass is 221 g/mol. The van der Waals surface area contributed by atoms with E-state index in [4.69, 9.17) is 9.52 Å². The van der Waals surface area contributed by atoms with Gasteiger partial charge in [-0.2, -0.15) is 0 Å². The van der Waals surface area contributed by atoms with E-state index in [2.05, 4.69) is 11.4 Å². The van der Waals surface area contributed by atoms with E-state index in [0.29, 0.717) is 6.04 Å². The highest BCUT2D eigenvalue weighted by Gasteiger charge is 2.29. The second-order valence-electron chi connectivity index (χ2n) is 4.28. The first kappa shape index (κ1) is 11.4. The predicted molar refractivity (Wildman–Crippen MR) is 64.0 cm³/mol. The molecule has 16 heavy (non-hydrogen) atoms. The number of rotatable bonds is 7. The Morgan fingerprint density at radius 2 is 2.44 bits per heavy atom. The van der Waals surface area contributed by atoms with Gasteiger partial charge in [-0.3, -0.25) is 0 Å². The standard InChI is InChI=1S/C13H19NO2/c15-9-7-13(11-5-6-11)14-8-1-3-12-4-2-10-16-12/h1-4,10-11,13-15H,5-9H2/b3-1+. The highest BCUT2D eigenvalue weighted by atomic mass is 16.3. The summed E-state index contributed by atoms with van der Waals surface area (Å²) in [6, 6.07) is 4.29. The molecule has 0 aliphatic heterocycles. The number of aliphatic hydroxyl groups is 1. The molecule has 0 bridgehead atoms. The molecule has 0 amide bonds. The third-order valence-electron chi connectivity index (χ3n) is 2.95. The van der Waals surface area contributed by atoms with Crippen LogP contribution in [0.5, 0.6) is 0 Å². The Labute approximate surface area is 96.2 Å². The van der Waals surface area contributed by atoms with Crippen molar-refractivity contribution < 1.29 is 9.52 Å². The fourth-order valence-corrected chi connectivity index (χ4v) is 1.92. The van der Waals surface area contributed by atoms with Gasteiger partial charge in [0.25, 0.3) is 0 Å². The van der Waals surface area contributed by atoms with Gasteiger partial charge in [0, 0.05) is 19.2 Å². The number of hydrogen-bond acceptors (Lipinski definition) is 3. The molecule has 2 rings (SSSR count). The van der Waals surface area contributed by atoms with Crippen LogP contribution in [0, 0.1) is 5.92 Å². The molecule has 0 spiro atoms. The van der Waals surface area contributed by atoms with E-state index in [9.17, 15) is 0 Å². The molecule has 2 N–H and O–H groups in total. The highest BCUT2D eigenvalue weighted by molar-refractivity contribution is 5.42. The SMILES string of the molecule is OCCC(NC/C=C/c1ccco1)C1CC1. The van der Waals surface area contributed by atoms with E-state index in [1.165, 1.54) is 12.8 Å². The van der Waals surface area contributed by atoms with Crippen molar-refractivity contribution in [1.29, 1.82) is 0 Å². The minimum Gasteiger partial charge on any atom is -0.465 e. The van der Waals surface area contributed by atoms with Crippen LogP contribution in [-0.4, -0.2) is 24.3 Å². The van der Waals surface area contributed by atoms with Gasteiger partial charge in [-0.1, -0.05) is 6.08 Å². The van der Waals surface area contributed by atoms with Crippen molar-refractivity contribution >= 4 is 6.08 Å². The molecule has 0 aromatic carbocycles. The van der Waals surface area contributed by atoms with Crippen molar-refractivity contribution in [2.75, 3.05) is 13.2 Å². The zero-order chi connectivity index (χ0) is 11.2. The topological polar surface area (TPSA) is 45.4 Å². The normalized spacial score (nSPS) is 18.1. The second kappa shape index (κ2) is 5.87. The Bertz CT molecular complexity index is 315. The lowest BCUT2D eigenvalue weighted by Gasteiger charge is -2.15. The van der Waals surface area contributed by atoms with Crippen LogP contribution in [-0.2, 0) is 0 Å². The van der Waals surface area contributed by atoms with Crippen LogP contribution in [0.4, 0.5) is 0 Å². The maximum Gasteiger partial charge on any atom is 0.126 e. The first-order valence-corrected chi connectivity index (χ1v) is 5.94. The zero-order valence-electron chi connectivity index (χ0n) is 9.43. The Balaban J connectivity index is 1.69. The van der Waals surface area contributed by atoms with Gasteiger partial charge in [0.15, 0.2) is 0 Å². The predicted octanol–water partition coefficient (Wildman–Crippen LogP) is 2.04. The molecule has 1 aliphatic rings. The van der Waals surface area contributed by atoms with Crippen LogP contribution in [0.25, 0.3) is 6.08 Å². The lowest BCUT2D eigenvalue weighted by molar-refractivity contribution is 0.258. The van der Waals surface area contributed by atoms with E-state index >= 15 is 0 Å². The van der Waals surface area contributed by atoms with E-state index in [1.807, 2.05) is 18.2 Å². The van der Waals surface area contributed by atoms with Crippen LogP contribution >= 0.6 is 0 Å². The molecule has 1 unspecified atom stereocenters. The Morgan fingerprint density at radius 1 is 1.56 bits per heavy atom. The molecule has 1 atom stereocenters. The molecule has 1 saturated carbocycles. The van der Waals surface area contributed by atoms with Crippen molar-refractivity contribution in [3.8, 4) is 0 Å². The summed E-state index contributed by atoms with van der Waals surface area (Å²) in [6.45, 7) is 1.11. The average molecular weight is 221 g/mol. The molecule has 1 heterocycles. The lowest BCUT2D eigenvalue weighted by Crippen LogP contribution is -2.32. The van der Waals surface area contributed by atoms with Crippen LogP contribution < -0.4 is 5.32 Å². The number of nitrogens with one attached hydrogen (secondary N) is 1. The maximum atomic E-state index is 8.95. The Hall–Kier alpha value is -1.06. The van der Waals surface area contributed by atoms with Gasteiger partial charge in [0.1, 0.15) is 5.76 Å². The van der Waals surface area contributed by atoms with Crippen LogP contribution in [0.3, 0.4) is 0 Å². The van der Waals surface area contributed by atoms with Gasteiger partial charge in [-0.05, 0) is 43.4 Å². The summed E-state index contributed by atoms with van der Waals surface area (Å²) in [5.74, 6) is 1.66. The van der Waals surface area contributed by atoms with E-state index in [-0.39, 0.29) is 6.61 Å². The lowest BCUT2D eigenvalue weighted by atomic mass is 10.1. The summed E-state index contributed by atoms with van der Waals surface area (Å²) in [5.41, 5.74) is 0. The summed E-state index contributed by atoms with van der Waals surface area (Å²) < 4.78 is 5.19. The van der Waals surface area contributed by atoms with Crippen molar-refractivity contribution in [2.45, 2.75) is 25.3 Å². The van der Waals surface area contributed by atoms with Crippen molar-refractivity contribution in [1.82, 2.24) is 5.32 Å². The molecule has 0 radical (unpaired) electrons. The summed E-state index contributed by atoms with van der Waals surface area (Å²) in [6.07, 6.45) is 9.17. The first-order valence-electron chi connectivity index (χ1n) is 5.94. The second-order valence-corrected chi connectivity index (χ2v) is 4.28. The van der Waals surface area contributed by atoms with Crippen LogP contribution in [0.2, 0.25) is 0 Å². The molecular weight excluding hydrogens is 202 g/mol. The van der Waals surface area contributed by atoms with Crippen LogP contribution in [0.1, 0.15) is 25.0 Å². The van der Waals surface area contributed by atoms with Crippen molar-refractivity contribution in [2.24, 2.45) is 5.92 Å². The minimum atomic E-state index is 0.274. The van der Waals surface area contributed by atoms with Crippen LogP contribution in [0.15, 0.2) is 28.9 Å². The first-order chi connectivity index (χ1) is 7.90. The smallest absolute Gasteiger partial charge is 0.126 e. The number of furan rings is 1. The molecule has 0 saturated heterocycles. The van der Waals surface area contributed by atoms with Gasteiger partial charge >= 0.3 is 0 Å². The van der Waals surface area contributed by atoms with Crippen molar-refractivity contribution in [3.05, 3.63) is 30.2 Å². The molecule has 3 heteroatoms. The summed E-state index contributed by atoms with van der Waals surface area (Å²) >= 11 is 0. The molecule has 1 aliphatic carbocycles. The quantitative estimate of drug-likeness (QED) is 0.740. The highest BCUT2D eigenvalue weighted by Crippen LogP contribution is 2.33. The van der Waals surface area contributed by atoms with Gasteiger partial charge in [0.05, 0.1) is 6.26 Å². The van der Waals surface area contributed by atoms with Gasteiger partial charge in [-0.15, -0.1) is 0 Å². The number of aliphatic hydroxyl groups excluding tert-OH is 1. The molecule has 1 aromatic rings.